The lowest BCUT2D eigenvalue weighted by atomic mass is 10.2. The molecule has 76 heavy (non-hydrogen) atoms. The molecule has 0 saturated heterocycles. The van der Waals surface area contributed by atoms with Gasteiger partial charge in [-0.15, -0.1) is 16.8 Å². The lowest BCUT2D eigenvalue weighted by molar-refractivity contribution is 0.375. The minimum absolute atomic E-state index is 0.651. The van der Waals surface area contributed by atoms with Crippen LogP contribution in [0.2, 0.25) is 0 Å². The predicted molar refractivity (Wildman–Crippen MR) is 336 cm³/mol. The molecule has 0 rings (SSSR count). The van der Waals surface area contributed by atoms with Gasteiger partial charge in [0.15, 0.2) is 0 Å². The standard InChI is InChI=1S/4C12H26FO3PS2/c4*1-3-5-7-9-11-18-15-17(13,14)16-19-12-10-8-6-4-2/h4*3-12H2,1-2H3. The van der Waals surface area contributed by atoms with E-state index in [0.717, 1.165) is 302 Å². The minimum atomic E-state index is -4.38. The van der Waals surface area contributed by atoms with Gasteiger partial charge in [0.1, 0.15) is 0 Å². The maximum absolute atomic E-state index is 13.3. The van der Waals surface area contributed by atoms with Crippen LogP contribution in [-0.4, -0.2) is 46.0 Å². The Morgan fingerprint density at radius 2 is 0.316 bits per heavy atom. The molecule has 0 saturated carbocycles. The summed E-state index contributed by atoms with van der Waals surface area (Å²) < 4.78 is 135. The molecule has 0 atom stereocenters. The third-order valence-corrected chi connectivity index (χ3v) is 22.5. The van der Waals surface area contributed by atoms with Crippen molar-refractivity contribution < 1.29 is 66.8 Å². The Balaban J connectivity index is -0.000000455. The van der Waals surface area contributed by atoms with Gasteiger partial charge in [0.05, 0.1) is 0 Å². The first kappa shape index (κ1) is 85.6. The molecule has 0 heterocycles. The van der Waals surface area contributed by atoms with Crippen LogP contribution in [0, 0.1) is 0 Å². The van der Waals surface area contributed by atoms with Crippen LogP contribution in [-0.2, 0) is 50.0 Å². The summed E-state index contributed by atoms with van der Waals surface area (Å²) in [4.78, 5) is 0. The van der Waals surface area contributed by atoms with Gasteiger partial charge < -0.3 is 0 Å². The zero-order chi connectivity index (χ0) is 57.6. The topological polar surface area (TPSA) is 142 Å². The molecule has 0 spiro atoms. The highest BCUT2D eigenvalue weighted by atomic mass is 32.2. The Hall–Kier alpha value is 3.12. The SMILES string of the molecule is CCCCCCSOP(=O)(F)OSCCCCCC.CCCCCCSOP(=O)(F)OSCCCCCC.CCCCCCSOP(=O)(F)OSCCCCCC.CCCCCCSOP(=O)(F)OSCCCCCC. The van der Waals surface area contributed by atoms with Crippen molar-refractivity contribution in [3.63, 3.8) is 0 Å². The maximum atomic E-state index is 13.3. The predicted octanol–water partition coefficient (Wildman–Crippen LogP) is 26.2. The van der Waals surface area contributed by atoms with Gasteiger partial charge in [0.25, 0.3) is 0 Å². The third kappa shape index (κ3) is 79.2. The fourth-order valence-electron chi connectivity index (χ4n) is 5.55. The summed E-state index contributed by atoms with van der Waals surface area (Å²) in [7, 11) is -17.5. The summed E-state index contributed by atoms with van der Waals surface area (Å²) in [6, 6.07) is 0. The van der Waals surface area contributed by atoms with Crippen LogP contribution in [0.4, 0.5) is 16.8 Å². The summed E-state index contributed by atoms with van der Waals surface area (Å²) in [5.74, 6) is 5.21. The average molecular weight is 1330 g/mol. The van der Waals surface area contributed by atoms with E-state index in [1.807, 2.05) is 0 Å². The molecule has 12 nitrogen and oxygen atoms in total. The molecule has 0 aliphatic carbocycles. The van der Waals surface area contributed by atoms with Gasteiger partial charge in [-0.05, 0) is 51.4 Å². The molecule has 28 heteroatoms. The zero-order valence-corrected chi connectivity index (χ0v) is 57.9. The highest BCUT2D eigenvalue weighted by Gasteiger charge is 2.28. The summed E-state index contributed by atoms with van der Waals surface area (Å²) in [6.07, 6.45) is 34.9. The Bertz CT molecular complexity index is 1090. The quantitative estimate of drug-likeness (QED) is 0.0246. The van der Waals surface area contributed by atoms with Gasteiger partial charge in [-0.2, -0.15) is 0 Å². The molecule has 0 amide bonds. The number of rotatable bonds is 56. The maximum Gasteiger partial charge on any atom is 0.535 e. The Kier molecular flexibility index (Phi) is 75.7. The number of hydrogen-bond donors (Lipinski definition) is 0. The van der Waals surface area contributed by atoms with Crippen LogP contribution in [0.25, 0.3) is 0 Å². The zero-order valence-electron chi connectivity index (χ0n) is 47.7. The average Bonchev–Trinajstić information content (AvgIpc) is 3.38. The first-order valence-electron chi connectivity index (χ1n) is 28.2. The van der Waals surface area contributed by atoms with Gasteiger partial charge in [-0.3, -0.25) is 0 Å². The van der Waals surface area contributed by atoms with E-state index in [-0.39, 0.29) is 0 Å². The normalized spacial score (nSPS) is 11.9. The molecule has 0 bridgehead atoms. The van der Waals surface area contributed by atoms with Crippen molar-refractivity contribution in [1.29, 1.82) is 0 Å². The summed E-state index contributed by atoms with van der Waals surface area (Å²) >= 11 is 7.25. The van der Waals surface area contributed by atoms with Crippen LogP contribution >= 0.6 is 128 Å². The monoisotopic (exact) mass is 1330 g/mol. The van der Waals surface area contributed by atoms with Crippen molar-refractivity contribution in [2.45, 2.75) is 261 Å². The molecule has 0 aliphatic heterocycles. The number of halogens is 4. The molecule has 0 aromatic rings. The van der Waals surface area contributed by atoms with Gasteiger partial charge in [0.2, 0.25) is 0 Å². The molecule has 0 aromatic heterocycles. The van der Waals surface area contributed by atoms with Gasteiger partial charge in [0, 0.05) is 142 Å². The molecular formula is C48H104F4O12P4S8. The van der Waals surface area contributed by atoms with Gasteiger partial charge >= 0.3 is 31.6 Å². The summed E-state index contributed by atoms with van der Waals surface area (Å²) in [5, 5.41) is 0. The lowest BCUT2D eigenvalue weighted by Gasteiger charge is -2.07. The second kappa shape index (κ2) is 67.2. The molecule has 464 valence electrons. The van der Waals surface area contributed by atoms with Crippen LogP contribution in [0.5, 0.6) is 0 Å². The van der Waals surface area contributed by atoms with Crippen molar-refractivity contribution in [3.05, 3.63) is 0 Å². The highest BCUT2D eigenvalue weighted by Crippen LogP contribution is 2.58. The van der Waals surface area contributed by atoms with E-state index in [1.165, 1.54) is 0 Å². The first-order valence-corrected chi connectivity index (χ1v) is 41.2. The van der Waals surface area contributed by atoms with Crippen molar-refractivity contribution >= 4 is 128 Å². The molecule has 0 unspecified atom stereocenters. The van der Waals surface area contributed by atoms with E-state index in [2.05, 4.69) is 87.1 Å². The van der Waals surface area contributed by atoms with Crippen LogP contribution < -0.4 is 0 Å². The molecule has 0 aliphatic rings. The van der Waals surface area contributed by atoms with E-state index in [0.29, 0.717) is 46.0 Å². The molecule has 0 aromatic carbocycles. The van der Waals surface area contributed by atoms with E-state index in [9.17, 15) is 35.0 Å². The highest BCUT2D eigenvalue weighted by molar-refractivity contribution is 8.02. The number of unbranched alkanes of at least 4 members (excludes halogenated alkanes) is 24. The lowest BCUT2D eigenvalue weighted by Crippen LogP contribution is -1.85. The Labute approximate surface area is 497 Å². The second-order valence-corrected chi connectivity index (χ2v) is 30.7. The molecule has 0 N–H and O–H groups in total. The summed E-state index contributed by atoms with van der Waals surface area (Å²) in [6.45, 7) is 17.0. The van der Waals surface area contributed by atoms with Crippen molar-refractivity contribution in [2.24, 2.45) is 0 Å². The fourth-order valence-corrected chi connectivity index (χ4v) is 15.8. The molecule has 0 fully saturated rings. The van der Waals surface area contributed by atoms with E-state index >= 15 is 0 Å². The minimum Gasteiger partial charge on any atom is -0.221 e. The summed E-state index contributed by atoms with van der Waals surface area (Å²) in [5.41, 5.74) is 0. The van der Waals surface area contributed by atoms with Crippen LogP contribution in [0.15, 0.2) is 0 Å². The Morgan fingerprint density at radius 1 is 0.211 bits per heavy atom. The van der Waals surface area contributed by atoms with E-state index < -0.39 is 31.6 Å². The smallest absolute Gasteiger partial charge is 0.221 e. The van der Waals surface area contributed by atoms with Crippen molar-refractivity contribution in [1.82, 2.24) is 0 Å². The number of hydrogen-bond acceptors (Lipinski definition) is 20. The van der Waals surface area contributed by atoms with Crippen molar-refractivity contribution in [3.8, 4) is 0 Å². The van der Waals surface area contributed by atoms with E-state index in [1.54, 1.807) is 0 Å². The Morgan fingerprint density at radius 3 is 0.408 bits per heavy atom. The molecule has 0 radical (unpaired) electrons. The first-order chi connectivity index (χ1) is 36.5. The largest absolute Gasteiger partial charge is 0.535 e. The third-order valence-electron chi connectivity index (χ3n) is 9.78. The second-order valence-electron chi connectivity index (χ2n) is 17.4. The van der Waals surface area contributed by atoms with E-state index in [4.69, 9.17) is 0 Å². The van der Waals surface area contributed by atoms with Crippen molar-refractivity contribution in [2.75, 3.05) is 46.0 Å². The van der Waals surface area contributed by atoms with Gasteiger partial charge in [-0.1, -0.05) is 209 Å². The van der Waals surface area contributed by atoms with Crippen LogP contribution in [0.1, 0.15) is 261 Å². The van der Waals surface area contributed by atoms with Crippen LogP contribution in [0.3, 0.4) is 0 Å². The molecular weight excluding hydrogens is 1220 g/mol. The van der Waals surface area contributed by atoms with Gasteiger partial charge in [-0.25, -0.2) is 50.0 Å². The fraction of sp³-hybridized carbons (Fsp3) is 1.00.